The van der Waals surface area contributed by atoms with Crippen LogP contribution in [0.25, 0.3) is 0 Å². The quantitative estimate of drug-likeness (QED) is 0.134. The number of carbonyl (C=O) groups excluding carboxylic acids is 1. The molecule has 0 fully saturated rings. The van der Waals surface area contributed by atoms with Gasteiger partial charge >= 0.3 is 0 Å². The second-order valence-electron chi connectivity index (χ2n) is 6.88. The first kappa shape index (κ1) is 27.0. The fourth-order valence-corrected chi connectivity index (χ4v) is 2.76. The molecule has 2 rings (SSSR count). The summed E-state index contributed by atoms with van der Waals surface area (Å²) in [4.78, 5) is 24.1. The lowest BCUT2D eigenvalue weighted by atomic mass is 10.2. The third-order valence-corrected chi connectivity index (χ3v) is 4.37. The highest BCUT2D eigenvalue weighted by Gasteiger charge is 2.13. The van der Waals surface area contributed by atoms with Crippen molar-refractivity contribution in [1.82, 2.24) is 10.2 Å². The van der Waals surface area contributed by atoms with Crippen LogP contribution in [0.15, 0.2) is 54.6 Å². The highest BCUT2D eigenvalue weighted by atomic mass is 16.6. The minimum atomic E-state index is -0.594. The summed E-state index contributed by atoms with van der Waals surface area (Å²) in [6.45, 7) is 3.08. The van der Waals surface area contributed by atoms with E-state index in [-0.39, 0.29) is 36.9 Å². The van der Waals surface area contributed by atoms with Crippen molar-refractivity contribution in [1.29, 1.82) is 0 Å². The van der Waals surface area contributed by atoms with Gasteiger partial charge in [0.05, 0.1) is 18.1 Å². The molecular weight excluding hydrogens is 414 g/mol. The molecule has 6 N–H and O–H groups in total. The van der Waals surface area contributed by atoms with Crippen LogP contribution in [0.3, 0.4) is 0 Å². The predicted molar refractivity (Wildman–Crippen MR) is 125 cm³/mol. The normalized spacial score (nSPS) is 10.3. The van der Waals surface area contributed by atoms with Crippen molar-refractivity contribution in [3.05, 3.63) is 64.7 Å². The monoisotopic (exact) mass is 447 g/mol. The molecule has 0 aliphatic heterocycles. The number of aliphatic hydroxyl groups is 2. The molecule has 0 atom stereocenters. The molecule has 0 aromatic heterocycles. The van der Waals surface area contributed by atoms with Gasteiger partial charge in [0.2, 0.25) is 5.91 Å². The number of rotatable bonds is 13. The largest absolute Gasteiger partial charge is 0.395 e. The van der Waals surface area contributed by atoms with Gasteiger partial charge in [-0.05, 0) is 31.6 Å². The van der Waals surface area contributed by atoms with Crippen LogP contribution in [0.2, 0.25) is 0 Å². The van der Waals surface area contributed by atoms with E-state index < -0.39 is 4.92 Å². The van der Waals surface area contributed by atoms with Gasteiger partial charge in [-0.25, -0.2) is 0 Å². The van der Waals surface area contributed by atoms with Crippen molar-refractivity contribution >= 4 is 23.0 Å². The number of hydrogen-bond acceptors (Lipinski definition) is 8. The molecule has 0 saturated carbocycles. The lowest BCUT2D eigenvalue weighted by Gasteiger charge is -2.19. The number of benzene rings is 2. The number of hydrogen-bond donors (Lipinski definition) is 5. The number of nitrogens with one attached hydrogen (secondary N) is 2. The van der Waals surface area contributed by atoms with Crippen molar-refractivity contribution < 1.29 is 19.9 Å². The molecule has 0 saturated heterocycles. The second kappa shape index (κ2) is 16.6. The lowest BCUT2D eigenvalue weighted by Crippen LogP contribution is -2.32. The highest BCUT2D eigenvalue weighted by molar-refractivity contribution is 5.91. The van der Waals surface area contributed by atoms with E-state index in [1.165, 1.54) is 18.2 Å². The Morgan fingerprint density at radius 1 is 1.00 bits per heavy atom. The van der Waals surface area contributed by atoms with Crippen LogP contribution in [0.1, 0.15) is 12.8 Å². The Kier molecular flexibility index (Phi) is 14.0. The van der Waals surface area contributed by atoms with E-state index in [1.807, 2.05) is 41.3 Å². The summed E-state index contributed by atoms with van der Waals surface area (Å²) >= 11 is 0. The van der Waals surface area contributed by atoms with E-state index in [0.29, 0.717) is 31.9 Å². The summed E-state index contributed by atoms with van der Waals surface area (Å²) in [5, 5.41) is 34.4. The number of nitrogens with two attached hydrogens (primary N) is 1. The number of nitro groups is 1. The second-order valence-corrected chi connectivity index (χ2v) is 6.88. The molecule has 0 aliphatic carbocycles. The first-order valence-corrected chi connectivity index (χ1v) is 10.5. The maximum atomic E-state index is 11.9. The summed E-state index contributed by atoms with van der Waals surface area (Å²) in [6, 6.07) is 16.1. The van der Waals surface area contributed by atoms with Crippen molar-refractivity contribution in [3.63, 3.8) is 0 Å². The van der Waals surface area contributed by atoms with Gasteiger partial charge in [0.25, 0.3) is 5.69 Å². The molecule has 32 heavy (non-hydrogen) atoms. The Bertz CT molecular complexity index is 759. The van der Waals surface area contributed by atoms with Gasteiger partial charge in [-0.1, -0.05) is 36.4 Å². The Labute approximate surface area is 188 Å². The Hall–Kier alpha value is -3.05. The van der Waals surface area contributed by atoms with Crippen LogP contribution in [0.4, 0.5) is 17.1 Å². The van der Waals surface area contributed by atoms with Gasteiger partial charge in [0.1, 0.15) is 5.69 Å². The molecule has 0 bridgehead atoms. The third-order valence-electron chi connectivity index (χ3n) is 4.37. The van der Waals surface area contributed by atoms with Gasteiger partial charge in [0.15, 0.2) is 0 Å². The van der Waals surface area contributed by atoms with Crippen LogP contribution in [-0.4, -0.2) is 71.9 Å². The van der Waals surface area contributed by atoms with Crippen LogP contribution < -0.4 is 16.4 Å². The maximum Gasteiger partial charge on any atom is 0.294 e. The Morgan fingerprint density at radius 2 is 1.59 bits per heavy atom. The topological polar surface area (TPSA) is 154 Å². The minimum Gasteiger partial charge on any atom is -0.395 e. The summed E-state index contributed by atoms with van der Waals surface area (Å²) in [5.41, 5.74) is 5.65. The fraction of sp³-hybridized carbons (Fsp3) is 0.409. The smallest absolute Gasteiger partial charge is 0.294 e. The van der Waals surface area contributed by atoms with Crippen LogP contribution in [0.5, 0.6) is 0 Å². The third kappa shape index (κ3) is 12.0. The molecule has 1 amide bonds. The van der Waals surface area contributed by atoms with E-state index in [4.69, 9.17) is 15.9 Å². The van der Waals surface area contributed by atoms with E-state index in [2.05, 4.69) is 10.6 Å². The number of anilines is 2. The van der Waals surface area contributed by atoms with E-state index in [0.717, 1.165) is 13.0 Å². The molecule has 10 heteroatoms. The number of nitrogens with zero attached hydrogens (tertiary/aromatic N) is 2. The molecule has 0 unspecified atom stereocenters. The zero-order chi connectivity index (χ0) is 23.6. The first-order valence-electron chi connectivity index (χ1n) is 10.5. The highest BCUT2D eigenvalue weighted by Crippen LogP contribution is 2.24. The molecular formula is C22H33N5O5. The van der Waals surface area contributed by atoms with Gasteiger partial charge in [-0.15, -0.1) is 0 Å². The molecule has 0 radical (unpaired) electrons. The maximum absolute atomic E-state index is 11.9. The number of amides is 1. The average molecular weight is 448 g/mol. The number of carbonyl (C=O) groups is 1. The first-order chi connectivity index (χ1) is 15.5. The van der Waals surface area contributed by atoms with E-state index >= 15 is 0 Å². The molecule has 176 valence electrons. The summed E-state index contributed by atoms with van der Waals surface area (Å²) in [5.74, 6) is -0.251. The summed E-state index contributed by atoms with van der Waals surface area (Å²) < 4.78 is 0. The molecule has 0 spiro atoms. The van der Waals surface area contributed by atoms with E-state index in [1.54, 1.807) is 0 Å². The van der Waals surface area contributed by atoms with Gasteiger partial charge < -0.3 is 26.6 Å². The Balaban J connectivity index is 0.000000730. The zero-order valence-electron chi connectivity index (χ0n) is 18.2. The van der Waals surface area contributed by atoms with Crippen molar-refractivity contribution in [2.24, 2.45) is 0 Å². The van der Waals surface area contributed by atoms with Crippen LogP contribution >= 0.6 is 0 Å². The minimum absolute atomic E-state index is 0.0473. The number of nitro benzene ring substituents is 1. The van der Waals surface area contributed by atoms with Crippen molar-refractivity contribution in [2.75, 3.05) is 57.0 Å². The molecule has 0 aliphatic rings. The van der Waals surface area contributed by atoms with Gasteiger partial charge in [-0.3, -0.25) is 19.8 Å². The standard InChI is InChI=1S/C16H27N5O5.C6H6/c17-14-3-2-13(12-15(14)21(25)26)19-16(24)4-6-18-5-1-7-20(8-10-22)9-11-23;1-2-4-6-5-3-1/h2-3,12,18,22-23H,1,4-11,17H2,(H,19,24);1-6H. The molecule has 2 aromatic rings. The Morgan fingerprint density at radius 3 is 2.12 bits per heavy atom. The molecule has 0 heterocycles. The number of nitrogen functional groups attached to an aromatic ring is 1. The molecule has 2 aromatic carbocycles. The van der Waals surface area contributed by atoms with E-state index in [9.17, 15) is 14.9 Å². The molecule has 10 nitrogen and oxygen atoms in total. The SMILES string of the molecule is Nc1ccc(NC(=O)CCNCCCN(CCO)CCO)cc1[N+](=O)[O-].c1ccccc1. The van der Waals surface area contributed by atoms with Gasteiger partial charge in [0, 0.05) is 37.8 Å². The van der Waals surface area contributed by atoms with Crippen molar-refractivity contribution in [2.45, 2.75) is 12.8 Å². The average Bonchev–Trinajstić information content (AvgIpc) is 2.79. The fourth-order valence-electron chi connectivity index (χ4n) is 2.76. The van der Waals surface area contributed by atoms with Crippen LogP contribution in [-0.2, 0) is 4.79 Å². The number of aliphatic hydroxyl groups excluding tert-OH is 2. The zero-order valence-corrected chi connectivity index (χ0v) is 18.2. The lowest BCUT2D eigenvalue weighted by molar-refractivity contribution is -0.383. The van der Waals surface area contributed by atoms with Gasteiger partial charge in [-0.2, -0.15) is 0 Å². The predicted octanol–water partition coefficient (Wildman–Crippen LogP) is 1.46. The summed E-state index contributed by atoms with van der Waals surface area (Å²) in [7, 11) is 0. The van der Waals surface area contributed by atoms with Crippen LogP contribution in [0, 0.1) is 10.1 Å². The van der Waals surface area contributed by atoms with Crippen molar-refractivity contribution in [3.8, 4) is 0 Å². The summed E-state index contributed by atoms with van der Waals surface area (Å²) in [6.07, 6.45) is 1.06.